The van der Waals surface area contributed by atoms with Crippen molar-refractivity contribution in [2.75, 3.05) is 0 Å². The van der Waals surface area contributed by atoms with E-state index in [1.165, 1.54) is 6.34 Å². The van der Waals surface area contributed by atoms with Gasteiger partial charge in [-0.25, -0.2) is 4.99 Å². The van der Waals surface area contributed by atoms with Crippen LogP contribution >= 0.6 is 12.6 Å². The van der Waals surface area contributed by atoms with Crippen molar-refractivity contribution < 1.29 is 0 Å². The summed E-state index contributed by atoms with van der Waals surface area (Å²) in [5.74, 6) is 0. The van der Waals surface area contributed by atoms with Crippen LogP contribution in [0.5, 0.6) is 0 Å². The summed E-state index contributed by atoms with van der Waals surface area (Å²) in [5, 5.41) is 0. The van der Waals surface area contributed by atoms with Gasteiger partial charge in [-0.15, -0.1) is 12.6 Å². The quantitative estimate of drug-likeness (QED) is 0.388. The maximum Gasteiger partial charge on any atom is 0.114 e. The molecule has 0 N–H and O–H groups in total. The van der Waals surface area contributed by atoms with Crippen LogP contribution in [-0.2, 0) is 0 Å². The summed E-state index contributed by atoms with van der Waals surface area (Å²) in [5.41, 5.74) is 0.950. The lowest BCUT2D eigenvalue weighted by Gasteiger charge is -2.19. The fraction of sp³-hybridized carbons (Fsp3) is 0.556. The molecule has 68 valence electrons. The third-order valence-electron chi connectivity index (χ3n) is 1.32. The summed E-state index contributed by atoms with van der Waals surface area (Å²) in [6.07, 6.45) is 1.44. The molecule has 0 aromatic rings. The summed E-state index contributed by atoms with van der Waals surface area (Å²) in [4.78, 5) is 8.64. The van der Waals surface area contributed by atoms with E-state index in [1.807, 2.05) is 6.92 Å². The highest BCUT2D eigenvalue weighted by molar-refractivity contribution is 7.84. The minimum absolute atomic E-state index is 0.00697. The lowest BCUT2D eigenvalue weighted by Crippen LogP contribution is -2.08. The maximum atomic E-state index is 4.26. The molecule has 0 spiro atoms. The maximum absolute atomic E-state index is 4.26. The predicted octanol–water partition coefficient (Wildman–Crippen LogP) is 2.92. The first-order valence-electron chi connectivity index (χ1n) is 3.78. The third kappa shape index (κ3) is 3.72. The zero-order valence-corrected chi connectivity index (χ0v) is 9.02. The van der Waals surface area contributed by atoms with Gasteiger partial charge in [-0.2, -0.15) is 0 Å². The topological polar surface area (TPSA) is 24.7 Å². The molecule has 0 aliphatic rings. The van der Waals surface area contributed by atoms with Crippen LogP contribution in [0.2, 0.25) is 0 Å². The highest BCUT2D eigenvalue weighted by Crippen LogP contribution is 2.29. The van der Waals surface area contributed by atoms with Gasteiger partial charge in [0.05, 0.1) is 5.70 Å². The first-order chi connectivity index (χ1) is 5.39. The van der Waals surface area contributed by atoms with E-state index in [0.29, 0.717) is 0 Å². The minimum Gasteiger partial charge on any atom is -0.253 e. The van der Waals surface area contributed by atoms with Crippen molar-refractivity contribution in [1.82, 2.24) is 0 Å². The van der Waals surface area contributed by atoms with Crippen LogP contribution in [0.25, 0.3) is 0 Å². The normalized spacial score (nSPS) is 14.8. The van der Waals surface area contributed by atoms with E-state index < -0.39 is 0 Å². The van der Waals surface area contributed by atoms with Crippen LogP contribution in [0.1, 0.15) is 27.7 Å². The second-order valence-electron chi connectivity index (χ2n) is 3.61. The highest BCUT2D eigenvalue weighted by Gasteiger charge is 2.17. The van der Waals surface area contributed by atoms with E-state index in [2.05, 4.69) is 50.1 Å². The van der Waals surface area contributed by atoms with Gasteiger partial charge in [0.2, 0.25) is 0 Å². The molecule has 0 unspecified atom stereocenters. The third-order valence-corrected chi connectivity index (χ3v) is 1.53. The Hall–Kier alpha value is -0.570. The first-order valence-corrected chi connectivity index (χ1v) is 4.23. The van der Waals surface area contributed by atoms with E-state index >= 15 is 0 Å². The molecule has 0 fully saturated rings. The summed E-state index contributed by atoms with van der Waals surface area (Å²) >= 11 is 4.26. The van der Waals surface area contributed by atoms with Crippen LogP contribution in [0.4, 0.5) is 0 Å². The van der Waals surface area contributed by atoms with Crippen LogP contribution in [0.15, 0.2) is 20.6 Å². The number of thiol groups is 1. The Morgan fingerprint density at radius 2 is 1.92 bits per heavy atom. The summed E-state index contributed by atoms with van der Waals surface area (Å²) in [6.45, 7) is 11.5. The van der Waals surface area contributed by atoms with Crippen LogP contribution in [0.3, 0.4) is 0 Å². The second-order valence-corrected chi connectivity index (χ2v) is 4.28. The summed E-state index contributed by atoms with van der Waals surface area (Å²) in [6, 6.07) is 0. The molecular formula is C9H16N2S. The van der Waals surface area contributed by atoms with E-state index in [0.717, 1.165) is 10.6 Å². The largest absolute Gasteiger partial charge is 0.253 e. The molecule has 0 aliphatic carbocycles. The molecule has 12 heavy (non-hydrogen) atoms. The fourth-order valence-electron chi connectivity index (χ4n) is 0.928. The Morgan fingerprint density at radius 1 is 1.42 bits per heavy atom. The molecule has 0 radical (unpaired) electrons. The average molecular weight is 184 g/mol. The van der Waals surface area contributed by atoms with Gasteiger partial charge in [0.1, 0.15) is 6.34 Å². The Labute approximate surface area is 79.9 Å². The summed E-state index contributed by atoms with van der Waals surface area (Å²) in [7, 11) is 0. The van der Waals surface area contributed by atoms with Gasteiger partial charge in [0.15, 0.2) is 0 Å². The minimum atomic E-state index is 0.00697. The lowest BCUT2D eigenvalue weighted by molar-refractivity contribution is 0.497. The summed E-state index contributed by atoms with van der Waals surface area (Å²) < 4.78 is 0. The van der Waals surface area contributed by atoms with Gasteiger partial charge >= 0.3 is 0 Å². The van der Waals surface area contributed by atoms with Crippen molar-refractivity contribution in [1.29, 1.82) is 0 Å². The van der Waals surface area contributed by atoms with E-state index in [1.54, 1.807) is 0 Å². The Kier molecular flexibility index (Phi) is 4.24. The molecule has 0 saturated heterocycles. The smallest absolute Gasteiger partial charge is 0.114 e. The van der Waals surface area contributed by atoms with Gasteiger partial charge in [-0.3, -0.25) is 4.99 Å². The van der Waals surface area contributed by atoms with Crippen molar-refractivity contribution in [3.63, 3.8) is 0 Å². The molecule has 0 saturated carbocycles. The van der Waals surface area contributed by atoms with Crippen LogP contribution in [0, 0.1) is 5.41 Å². The molecule has 0 aromatic carbocycles. The molecule has 0 aliphatic heterocycles. The van der Waals surface area contributed by atoms with Crippen LogP contribution in [-0.4, -0.2) is 13.1 Å². The van der Waals surface area contributed by atoms with Gasteiger partial charge < -0.3 is 0 Å². The van der Waals surface area contributed by atoms with Gasteiger partial charge in [0, 0.05) is 10.3 Å². The lowest BCUT2D eigenvalue weighted by atomic mass is 9.92. The SMILES string of the molecule is C=NC=N/C(=C(\C)S)C(C)(C)C. The standard InChI is InChI=1S/C9H16N2S/c1-7(12)8(9(2,3)4)11-6-10-5/h6,12H,5H2,1-4H3/b8-7+,11-6?. The van der Waals surface area contributed by atoms with Crippen molar-refractivity contribution in [3.8, 4) is 0 Å². The zero-order valence-electron chi connectivity index (χ0n) is 8.13. The number of allylic oxidation sites excluding steroid dienone is 2. The predicted molar refractivity (Wildman–Crippen MR) is 59.2 cm³/mol. The molecule has 0 bridgehead atoms. The van der Waals surface area contributed by atoms with Crippen molar-refractivity contribution in [3.05, 3.63) is 10.6 Å². The van der Waals surface area contributed by atoms with Gasteiger partial charge in [-0.1, -0.05) is 20.8 Å². The van der Waals surface area contributed by atoms with E-state index in [9.17, 15) is 0 Å². The van der Waals surface area contributed by atoms with Gasteiger partial charge in [-0.05, 0) is 13.6 Å². The number of aliphatic imine (C=N–C) groups is 2. The number of rotatable bonds is 2. The Balaban J connectivity index is 4.84. The average Bonchev–Trinajstić information content (AvgIpc) is 1.84. The first kappa shape index (κ1) is 11.4. The van der Waals surface area contributed by atoms with Crippen molar-refractivity contribution in [2.45, 2.75) is 27.7 Å². The van der Waals surface area contributed by atoms with E-state index in [-0.39, 0.29) is 5.41 Å². The molecule has 0 heterocycles. The Morgan fingerprint density at radius 3 is 2.17 bits per heavy atom. The molecule has 0 aromatic heterocycles. The monoisotopic (exact) mass is 184 g/mol. The molecule has 0 rings (SSSR count). The number of hydrogen-bond acceptors (Lipinski definition) is 2. The van der Waals surface area contributed by atoms with Crippen molar-refractivity contribution >= 4 is 25.7 Å². The Bertz CT molecular complexity index is 217. The molecular weight excluding hydrogens is 168 g/mol. The second kappa shape index (κ2) is 4.45. The van der Waals surface area contributed by atoms with Gasteiger partial charge in [0.25, 0.3) is 0 Å². The molecule has 0 amide bonds. The van der Waals surface area contributed by atoms with Crippen molar-refractivity contribution in [2.24, 2.45) is 15.4 Å². The van der Waals surface area contributed by atoms with E-state index in [4.69, 9.17) is 0 Å². The molecule has 3 heteroatoms. The number of hydrogen-bond donors (Lipinski definition) is 1. The number of nitrogens with zero attached hydrogens (tertiary/aromatic N) is 2. The molecule has 0 atom stereocenters. The fourth-order valence-corrected chi connectivity index (χ4v) is 1.32. The van der Waals surface area contributed by atoms with Crippen LogP contribution < -0.4 is 0 Å². The highest BCUT2D eigenvalue weighted by atomic mass is 32.1. The zero-order chi connectivity index (χ0) is 9.78. The molecule has 2 nitrogen and oxygen atoms in total.